The minimum Gasteiger partial charge on any atom is -0.206 e. The minimum absolute atomic E-state index is 0.226. The number of alkyl halides is 1. The summed E-state index contributed by atoms with van der Waals surface area (Å²) in [4.78, 5) is 0. The fourth-order valence-corrected chi connectivity index (χ4v) is 6.12. The molecule has 0 saturated heterocycles. The van der Waals surface area contributed by atoms with E-state index in [4.69, 9.17) is 11.6 Å². The second-order valence-corrected chi connectivity index (χ2v) is 8.90. The van der Waals surface area contributed by atoms with Crippen LogP contribution in [0.3, 0.4) is 0 Å². The highest BCUT2D eigenvalue weighted by Crippen LogP contribution is 2.35. The lowest BCUT2D eigenvalue weighted by Crippen LogP contribution is -2.37. The number of hydrogen-bond donors (Lipinski definition) is 0. The highest BCUT2D eigenvalue weighted by Gasteiger charge is 2.32. The molecule has 1 fully saturated rings. The molecule has 0 aromatic carbocycles. The van der Waals surface area contributed by atoms with Crippen molar-refractivity contribution in [2.75, 3.05) is 13.6 Å². The summed E-state index contributed by atoms with van der Waals surface area (Å²) in [6, 6.07) is 1.75. The first-order valence-corrected chi connectivity index (χ1v) is 8.79. The Hall–Kier alpha value is 0.380. The molecule has 1 heterocycles. The zero-order chi connectivity index (χ0) is 12.6. The Morgan fingerprint density at radius 1 is 1.59 bits per heavy atom. The number of nitrogens with zero attached hydrogens (tertiary/aromatic N) is 1. The molecule has 17 heavy (non-hydrogen) atoms. The van der Waals surface area contributed by atoms with Gasteiger partial charge in [-0.15, -0.1) is 22.9 Å². The van der Waals surface area contributed by atoms with Gasteiger partial charge in [-0.2, -0.15) is 4.31 Å². The van der Waals surface area contributed by atoms with Crippen molar-refractivity contribution in [1.29, 1.82) is 0 Å². The zero-order valence-corrected chi connectivity index (χ0v) is 13.2. The summed E-state index contributed by atoms with van der Waals surface area (Å²) >= 11 is 10.4. The van der Waals surface area contributed by atoms with Crippen molar-refractivity contribution in [2.45, 2.75) is 22.4 Å². The maximum absolute atomic E-state index is 12.2. The van der Waals surface area contributed by atoms with Gasteiger partial charge in [-0.3, -0.25) is 0 Å². The van der Waals surface area contributed by atoms with Crippen LogP contribution in [0.15, 0.2) is 20.1 Å². The Morgan fingerprint density at radius 2 is 2.24 bits per heavy atom. The summed E-state index contributed by atoms with van der Waals surface area (Å²) in [5.41, 5.74) is 0. The molecule has 1 saturated carbocycles. The zero-order valence-electron chi connectivity index (χ0n) is 9.27. The Balaban J connectivity index is 2.08. The van der Waals surface area contributed by atoms with Crippen molar-refractivity contribution in [3.05, 3.63) is 15.9 Å². The maximum atomic E-state index is 12.2. The molecule has 0 radical (unpaired) electrons. The van der Waals surface area contributed by atoms with Gasteiger partial charge in [-0.25, -0.2) is 8.42 Å². The Morgan fingerprint density at radius 3 is 2.71 bits per heavy atom. The van der Waals surface area contributed by atoms with Crippen LogP contribution in [0, 0.1) is 5.92 Å². The number of halogens is 2. The first-order chi connectivity index (χ1) is 7.91. The van der Waals surface area contributed by atoms with Crippen LogP contribution in [0.2, 0.25) is 0 Å². The maximum Gasteiger partial charge on any atom is 0.253 e. The highest BCUT2D eigenvalue weighted by atomic mass is 79.9. The van der Waals surface area contributed by atoms with Gasteiger partial charge in [-0.05, 0) is 46.1 Å². The Kier molecular flexibility index (Phi) is 4.20. The standard InChI is InChI=1S/C10H13BrClNO2S2/c1-13(6-7-4-8(12)5-7)17(14,15)10-9(11)2-3-16-10/h2-3,7-8H,4-6H2,1H3. The molecule has 1 aromatic rings. The molecular formula is C10H13BrClNO2S2. The van der Waals surface area contributed by atoms with E-state index >= 15 is 0 Å². The molecule has 3 nitrogen and oxygen atoms in total. The molecule has 1 aromatic heterocycles. The fraction of sp³-hybridized carbons (Fsp3) is 0.600. The molecule has 7 heteroatoms. The highest BCUT2D eigenvalue weighted by molar-refractivity contribution is 9.10. The van der Waals surface area contributed by atoms with E-state index in [1.165, 1.54) is 15.6 Å². The fourth-order valence-electron chi connectivity index (χ4n) is 1.87. The van der Waals surface area contributed by atoms with Crippen LogP contribution in [0.5, 0.6) is 0 Å². The second kappa shape index (κ2) is 5.17. The van der Waals surface area contributed by atoms with E-state index < -0.39 is 10.0 Å². The SMILES string of the molecule is CN(CC1CC(Cl)C1)S(=O)(=O)c1sccc1Br. The summed E-state index contributed by atoms with van der Waals surface area (Å²) in [7, 11) is -1.73. The lowest BCUT2D eigenvalue weighted by atomic mass is 9.85. The van der Waals surface area contributed by atoms with Crippen LogP contribution >= 0.6 is 38.9 Å². The van der Waals surface area contributed by atoms with Crippen molar-refractivity contribution < 1.29 is 8.42 Å². The van der Waals surface area contributed by atoms with Crippen molar-refractivity contribution in [1.82, 2.24) is 4.31 Å². The van der Waals surface area contributed by atoms with E-state index in [2.05, 4.69) is 15.9 Å². The van der Waals surface area contributed by atoms with Crippen LogP contribution < -0.4 is 0 Å². The summed E-state index contributed by atoms with van der Waals surface area (Å²) in [5, 5.41) is 1.99. The van der Waals surface area contributed by atoms with E-state index in [9.17, 15) is 8.42 Å². The second-order valence-electron chi connectivity index (χ2n) is 4.28. The van der Waals surface area contributed by atoms with Gasteiger partial charge in [0.15, 0.2) is 0 Å². The molecule has 1 aliphatic rings. The van der Waals surface area contributed by atoms with Gasteiger partial charge < -0.3 is 0 Å². The monoisotopic (exact) mass is 357 g/mol. The van der Waals surface area contributed by atoms with E-state index in [-0.39, 0.29) is 5.38 Å². The predicted octanol–water partition coefficient (Wildman–Crippen LogP) is 3.15. The van der Waals surface area contributed by atoms with E-state index in [0.29, 0.717) is 21.1 Å². The first-order valence-electron chi connectivity index (χ1n) is 5.24. The summed E-state index contributed by atoms with van der Waals surface area (Å²) in [6.45, 7) is 0.551. The molecule has 2 rings (SSSR count). The molecular weight excluding hydrogens is 346 g/mol. The molecule has 0 N–H and O–H groups in total. The van der Waals surface area contributed by atoms with Crippen LogP contribution in [0.25, 0.3) is 0 Å². The average Bonchev–Trinajstić information content (AvgIpc) is 2.62. The van der Waals surface area contributed by atoms with Gasteiger partial charge in [0.05, 0.1) is 0 Å². The molecule has 0 bridgehead atoms. The van der Waals surface area contributed by atoms with E-state index in [0.717, 1.165) is 12.8 Å². The average molecular weight is 359 g/mol. The van der Waals surface area contributed by atoms with Gasteiger partial charge in [0, 0.05) is 23.4 Å². The first kappa shape index (κ1) is 13.8. The number of sulfonamides is 1. The summed E-state index contributed by atoms with van der Waals surface area (Å²) in [5.74, 6) is 0.399. The van der Waals surface area contributed by atoms with Crippen molar-refractivity contribution in [3.63, 3.8) is 0 Å². The third-order valence-corrected chi connectivity index (χ3v) is 7.75. The number of rotatable bonds is 4. The van der Waals surface area contributed by atoms with Gasteiger partial charge in [0.25, 0.3) is 10.0 Å². The molecule has 1 aliphatic carbocycles. The van der Waals surface area contributed by atoms with Crippen molar-refractivity contribution in [3.8, 4) is 0 Å². The van der Waals surface area contributed by atoms with Crippen LogP contribution in [-0.4, -0.2) is 31.7 Å². The predicted molar refractivity (Wildman–Crippen MR) is 74.2 cm³/mol. The molecule has 0 aliphatic heterocycles. The van der Waals surface area contributed by atoms with Gasteiger partial charge in [0.1, 0.15) is 4.21 Å². The largest absolute Gasteiger partial charge is 0.253 e. The summed E-state index contributed by atoms with van der Waals surface area (Å²) < 4.78 is 26.9. The van der Waals surface area contributed by atoms with E-state index in [1.54, 1.807) is 18.5 Å². The molecule has 0 atom stereocenters. The number of thiophene rings is 1. The Labute approximate surface area is 119 Å². The lowest BCUT2D eigenvalue weighted by molar-refractivity contribution is 0.268. The van der Waals surface area contributed by atoms with Gasteiger partial charge in [0.2, 0.25) is 0 Å². The third kappa shape index (κ3) is 2.87. The molecule has 0 unspecified atom stereocenters. The van der Waals surface area contributed by atoms with Crippen molar-refractivity contribution >= 4 is 48.9 Å². The molecule has 0 amide bonds. The van der Waals surface area contributed by atoms with E-state index in [1.807, 2.05) is 0 Å². The third-order valence-electron chi connectivity index (χ3n) is 2.92. The Bertz CT molecular complexity index is 496. The van der Waals surface area contributed by atoms with Gasteiger partial charge in [-0.1, -0.05) is 0 Å². The quantitative estimate of drug-likeness (QED) is 0.775. The van der Waals surface area contributed by atoms with Crippen LogP contribution in [0.4, 0.5) is 0 Å². The molecule has 0 spiro atoms. The number of hydrogen-bond acceptors (Lipinski definition) is 3. The van der Waals surface area contributed by atoms with Crippen LogP contribution in [0.1, 0.15) is 12.8 Å². The van der Waals surface area contributed by atoms with Crippen LogP contribution in [-0.2, 0) is 10.0 Å². The van der Waals surface area contributed by atoms with Crippen molar-refractivity contribution in [2.24, 2.45) is 5.92 Å². The summed E-state index contributed by atoms with van der Waals surface area (Å²) in [6.07, 6.45) is 1.82. The molecule has 96 valence electrons. The minimum atomic E-state index is -3.35. The van der Waals surface area contributed by atoms with Gasteiger partial charge >= 0.3 is 0 Å². The topological polar surface area (TPSA) is 37.4 Å². The normalized spacial score (nSPS) is 24.9. The lowest BCUT2D eigenvalue weighted by Gasteiger charge is -2.33. The smallest absolute Gasteiger partial charge is 0.206 e.